The number of anilines is 1. The van der Waals surface area contributed by atoms with E-state index in [-0.39, 0.29) is 5.82 Å². The average molecular weight is 241 g/mol. The van der Waals surface area contributed by atoms with Crippen molar-refractivity contribution in [3.63, 3.8) is 0 Å². The minimum absolute atomic E-state index is 0.146. The van der Waals surface area contributed by atoms with Gasteiger partial charge in [-0.25, -0.2) is 4.39 Å². The second kappa shape index (κ2) is 6.79. The number of rotatable bonds is 6. The summed E-state index contributed by atoms with van der Waals surface area (Å²) in [6.45, 7) is 3.10. The van der Waals surface area contributed by atoms with Gasteiger partial charge >= 0.3 is 0 Å². The number of thiol groups is 1. The second-order valence-electron chi connectivity index (χ2n) is 4.28. The Morgan fingerprint density at radius 2 is 2.00 bits per heavy atom. The van der Waals surface area contributed by atoms with Crippen LogP contribution in [0.4, 0.5) is 10.1 Å². The number of hydrogen-bond acceptors (Lipinski definition) is 2. The monoisotopic (exact) mass is 241 g/mol. The molecule has 0 saturated carbocycles. The van der Waals surface area contributed by atoms with Crippen molar-refractivity contribution in [3.05, 3.63) is 30.1 Å². The van der Waals surface area contributed by atoms with E-state index in [9.17, 15) is 4.39 Å². The van der Waals surface area contributed by atoms with E-state index >= 15 is 0 Å². The summed E-state index contributed by atoms with van der Waals surface area (Å²) in [5, 5.41) is 0. The van der Waals surface area contributed by atoms with Crippen molar-refractivity contribution in [1.29, 1.82) is 0 Å². The fourth-order valence-corrected chi connectivity index (χ4v) is 2.10. The molecule has 1 unspecified atom stereocenters. The molecule has 0 amide bonds. The molecule has 1 aromatic carbocycles. The molecule has 90 valence electrons. The van der Waals surface area contributed by atoms with Crippen molar-refractivity contribution in [3.8, 4) is 0 Å². The van der Waals surface area contributed by atoms with E-state index in [0.29, 0.717) is 11.6 Å². The normalized spacial score (nSPS) is 12.5. The van der Waals surface area contributed by atoms with Crippen LogP contribution in [0.1, 0.15) is 19.8 Å². The van der Waals surface area contributed by atoms with Crippen LogP contribution >= 0.6 is 12.6 Å². The maximum absolute atomic E-state index is 13.5. The Labute approximate surface area is 103 Å². The molecule has 0 radical (unpaired) electrons. The SMILES string of the molecule is CC(CCS)CCN(C)c1ccccc1F. The van der Waals surface area contributed by atoms with Crippen LogP contribution in [0.3, 0.4) is 0 Å². The van der Waals surface area contributed by atoms with Gasteiger partial charge in [0, 0.05) is 13.6 Å². The van der Waals surface area contributed by atoms with E-state index < -0.39 is 0 Å². The van der Waals surface area contributed by atoms with Crippen molar-refractivity contribution in [1.82, 2.24) is 0 Å². The van der Waals surface area contributed by atoms with Gasteiger partial charge in [0.05, 0.1) is 5.69 Å². The molecule has 3 heteroatoms. The zero-order valence-corrected chi connectivity index (χ0v) is 10.9. The molecule has 0 spiro atoms. The maximum atomic E-state index is 13.5. The van der Waals surface area contributed by atoms with Crippen molar-refractivity contribution in [2.75, 3.05) is 24.2 Å². The van der Waals surface area contributed by atoms with Crippen LogP contribution in [0.2, 0.25) is 0 Å². The summed E-state index contributed by atoms with van der Waals surface area (Å²) < 4.78 is 13.5. The minimum atomic E-state index is -0.146. The Hall–Kier alpha value is -0.700. The first-order valence-corrected chi connectivity index (χ1v) is 6.35. The number of hydrogen-bond donors (Lipinski definition) is 1. The minimum Gasteiger partial charge on any atom is -0.372 e. The van der Waals surface area contributed by atoms with Crippen molar-refractivity contribution < 1.29 is 4.39 Å². The summed E-state index contributed by atoms with van der Waals surface area (Å²) in [6.07, 6.45) is 2.19. The van der Waals surface area contributed by atoms with Crippen molar-refractivity contribution >= 4 is 18.3 Å². The number of nitrogens with zero attached hydrogens (tertiary/aromatic N) is 1. The van der Waals surface area contributed by atoms with Gasteiger partial charge in [-0.3, -0.25) is 0 Å². The standard InChI is InChI=1S/C13H20FNS/c1-11(8-10-16)7-9-15(2)13-6-4-3-5-12(13)14/h3-6,11,16H,7-10H2,1-2H3. The van der Waals surface area contributed by atoms with Crippen molar-refractivity contribution in [2.24, 2.45) is 5.92 Å². The fourth-order valence-electron chi connectivity index (χ4n) is 1.66. The summed E-state index contributed by atoms with van der Waals surface area (Å²) in [7, 11) is 1.94. The Morgan fingerprint density at radius 3 is 2.62 bits per heavy atom. The van der Waals surface area contributed by atoms with Crippen LogP contribution in [0.5, 0.6) is 0 Å². The molecular formula is C13H20FNS. The number of halogens is 1. The van der Waals surface area contributed by atoms with Crippen LogP contribution in [0.25, 0.3) is 0 Å². The topological polar surface area (TPSA) is 3.24 Å². The maximum Gasteiger partial charge on any atom is 0.146 e. The molecule has 1 atom stereocenters. The van der Waals surface area contributed by atoms with Gasteiger partial charge in [-0.2, -0.15) is 12.6 Å². The first kappa shape index (κ1) is 13.4. The molecule has 0 bridgehead atoms. The molecule has 1 rings (SSSR count). The van der Waals surface area contributed by atoms with Gasteiger partial charge in [-0.15, -0.1) is 0 Å². The highest BCUT2D eigenvalue weighted by atomic mass is 32.1. The van der Waals surface area contributed by atoms with E-state index in [1.165, 1.54) is 6.07 Å². The van der Waals surface area contributed by atoms with Crippen LogP contribution < -0.4 is 4.90 Å². The first-order chi connectivity index (χ1) is 7.65. The summed E-state index contributed by atoms with van der Waals surface area (Å²) in [5.74, 6) is 1.42. The highest BCUT2D eigenvalue weighted by Gasteiger charge is 2.08. The molecule has 16 heavy (non-hydrogen) atoms. The smallest absolute Gasteiger partial charge is 0.146 e. The Morgan fingerprint density at radius 1 is 1.31 bits per heavy atom. The average Bonchev–Trinajstić information content (AvgIpc) is 2.27. The van der Waals surface area contributed by atoms with E-state index in [2.05, 4.69) is 19.6 Å². The molecule has 0 aliphatic heterocycles. The lowest BCUT2D eigenvalue weighted by molar-refractivity contribution is 0.519. The van der Waals surface area contributed by atoms with Gasteiger partial charge in [0.25, 0.3) is 0 Å². The van der Waals surface area contributed by atoms with Crippen LogP contribution in [0, 0.1) is 11.7 Å². The van der Waals surface area contributed by atoms with Crippen LogP contribution in [-0.2, 0) is 0 Å². The summed E-state index contributed by atoms with van der Waals surface area (Å²) in [5.41, 5.74) is 0.681. The fraction of sp³-hybridized carbons (Fsp3) is 0.538. The molecule has 1 aromatic rings. The van der Waals surface area contributed by atoms with Gasteiger partial charge < -0.3 is 4.90 Å². The van der Waals surface area contributed by atoms with Gasteiger partial charge in [0.2, 0.25) is 0 Å². The molecule has 1 nitrogen and oxygen atoms in total. The quantitative estimate of drug-likeness (QED) is 0.745. The first-order valence-electron chi connectivity index (χ1n) is 5.71. The molecule has 0 aromatic heterocycles. The lowest BCUT2D eigenvalue weighted by Crippen LogP contribution is -2.21. The van der Waals surface area contributed by atoms with E-state index in [4.69, 9.17) is 0 Å². The van der Waals surface area contributed by atoms with Gasteiger partial charge in [-0.05, 0) is 36.6 Å². The third-order valence-electron chi connectivity index (χ3n) is 2.84. The Bertz CT molecular complexity index is 317. The summed E-state index contributed by atoms with van der Waals surface area (Å²) in [4.78, 5) is 1.98. The largest absolute Gasteiger partial charge is 0.372 e. The van der Waals surface area contributed by atoms with Crippen LogP contribution in [-0.4, -0.2) is 19.3 Å². The molecule has 0 heterocycles. The predicted molar refractivity (Wildman–Crippen MR) is 71.9 cm³/mol. The molecule has 0 N–H and O–H groups in total. The third-order valence-corrected chi connectivity index (χ3v) is 3.10. The zero-order valence-electron chi connectivity index (χ0n) is 9.99. The lowest BCUT2D eigenvalue weighted by atomic mass is 10.0. The molecule has 0 saturated heterocycles. The summed E-state index contributed by atoms with van der Waals surface area (Å²) in [6, 6.07) is 6.91. The molecule has 0 aliphatic carbocycles. The van der Waals surface area contributed by atoms with E-state index in [0.717, 1.165) is 25.1 Å². The lowest BCUT2D eigenvalue weighted by Gasteiger charge is -2.21. The summed E-state index contributed by atoms with van der Waals surface area (Å²) >= 11 is 4.22. The zero-order chi connectivity index (χ0) is 12.0. The molecule has 0 fully saturated rings. The van der Waals surface area contributed by atoms with Crippen LogP contribution in [0.15, 0.2) is 24.3 Å². The highest BCUT2D eigenvalue weighted by Crippen LogP contribution is 2.18. The second-order valence-corrected chi connectivity index (χ2v) is 4.73. The number of benzene rings is 1. The van der Waals surface area contributed by atoms with E-state index in [1.807, 2.05) is 24.1 Å². The molecule has 0 aliphatic rings. The predicted octanol–water partition coefficient (Wildman–Crippen LogP) is 3.61. The Balaban J connectivity index is 2.46. The molecular weight excluding hydrogens is 221 g/mol. The van der Waals surface area contributed by atoms with Gasteiger partial charge in [-0.1, -0.05) is 19.1 Å². The highest BCUT2D eigenvalue weighted by molar-refractivity contribution is 7.80. The van der Waals surface area contributed by atoms with Crippen molar-refractivity contribution in [2.45, 2.75) is 19.8 Å². The third kappa shape index (κ3) is 4.05. The Kier molecular flexibility index (Phi) is 5.67. The van der Waals surface area contributed by atoms with Gasteiger partial charge in [0.15, 0.2) is 0 Å². The van der Waals surface area contributed by atoms with E-state index in [1.54, 1.807) is 6.07 Å². The van der Waals surface area contributed by atoms with Gasteiger partial charge in [0.1, 0.15) is 5.82 Å². The number of para-hydroxylation sites is 1.